The van der Waals surface area contributed by atoms with Gasteiger partial charge in [0.1, 0.15) is 5.82 Å². The van der Waals surface area contributed by atoms with Crippen LogP contribution in [0.15, 0.2) is 42.5 Å². The molecule has 0 radical (unpaired) electrons. The molecule has 0 N–H and O–H groups in total. The Labute approximate surface area is 114 Å². The average Bonchev–Trinajstić information content (AvgIpc) is 2.39. The molecular weight excluding hydrogens is 237 g/mol. The van der Waals surface area contributed by atoms with Gasteiger partial charge in [-0.3, -0.25) is 0 Å². The molecule has 1 nitrogen and oxygen atoms in total. The third kappa shape index (κ3) is 3.14. The van der Waals surface area contributed by atoms with Crippen LogP contribution in [0.2, 0.25) is 0 Å². The van der Waals surface area contributed by atoms with E-state index < -0.39 is 0 Å². The molecule has 0 bridgehead atoms. The van der Waals surface area contributed by atoms with Gasteiger partial charge in [0.25, 0.3) is 0 Å². The minimum absolute atomic E-state index is 0.136. The van der Waals surface area contributed by atoms with Gasteiger partial charge in [-0.15, -0.1) is 0 Å². The lowest BCUT2D eigenvalue weighted by molar-refractivity contribution is 0.628. The third-order valence-corrected chi connectivity index (χ3v) is 3.27. The highest BCUT2D eigenvalue weighted by atomic mass is 19.1. The van der Waals surface area contributed by atoms with Crippen LogP contribution in [-0.4, -0.2) is 14.1 Å². The highest BCUT2D eigenvalue weighted by Gasteiger charge is 2.06. The molecule has 0 unspecified atom stereocenters. The Balaban J connectivity index is 2.31. The van der Waals surface area contributed by atoms with E-state index >= 15 is 0 Å². The molecule has 0 aliphatic rings. The van der Waals surface area contributed by atoms with Crippen molar-refractivity contribution >= 4 is 5.69 Å². The van der Waals surface area contributed by atoms with Crippen LogP contribution in [0, 0.1) is 5.82 Å². The van der Waals surface area contributed by atoms with Crippen molar-refractivity contribution in [3.63, 3.8) is 0 Å². The molecule has 19 heavy (non-hydrogen) atoms. The Morgan fingerprint density at radius 1 is 1.00 bits per heavy atom. The maximum absolute atomic E-state index is 14.1. The third-order valence-electron chi connectivity index (χ3n) is 3.27. The SMILES string of the molecule is CCCc1ccc(-c2ccc(N(C)C)cc2)c(F)c1. The summed E-state index contributed by atoms with van der Waals surface area (Å²) in [5.74, 6) is -0.136. The van der Waals surface area contributed by atoms with Crippen molar-refractivity contribution in [3.8, 4) is 11.1 Å². The molecule has 0 aliphatic heterocycles. The van der Waals surface area contributed by atoms with Crippen molar-refractivity contribution in [2.45, 2.75) is 19.8 Å². The van der Waals surface area contributed by atoms with Crippen molar-refractivity contribution in [3.05, 3.63) is 53.8 Å². The summed E-state index contributed by atoms with van der Waals surface area (Å²) in [6.07, 6.45) is 1.97. The zero-order chi connectivity index (χ0) is 13.8. The first kappa shape index (κ1) is 13.6. The molecule has 0 amide bonds. The maximum atomic E-state index is 14.1. The van der Waals surface area contributed by atoms with Crippen LogP contribution in [0.1, 0.15) is 18.9 Å². The van der Waals surface area contributed by atoms with Gasteiger partial charge in [-0.25, -0.2) is 4.39 Å². The second-order valence-electron chi connectivity index (χ2n) is 5.01. The van der Waals surface area contributed by atoms with E-state index in [1.165, 1.54) is 0 Å². The second-order valence-corrected chi connectivity index (χ2v) is 5.01. The largest absolute Gasteiger partial charge is 0.378 e. The van der Waals surface area contributed by atoms with Crippen LogP contribution in [-0.2, 0) is 6.42 Å². The normalized spacial score (nSPS) is 10.5. The van der Waals surface area contributed by atoms with Gasteiger partial charge in [0.15, 0.2) is 0 Å². The maximum Gasteiger partial charge on any atom is 0.131 e. The number of anilines is 1. The number of nitrogens with zero attached hydrogens (tertiary/aromatic N) is 1. The lowest BCUT2D eigenvalue weighted by Crippen LogP contribution is -2.07. The predicted molar refractivity (Wildman–Crippen MR) is 80.2 cm³/mol. The predicted octanol–water partition coefficient (Wildman–Crippen LogP) is 4.51. The molecule has 0 heterocycles. The quantitative estimate of drug-likeness (QED) is 0.779. The first-order valence-corrected chi connectivity index (χ1v) is 6.68. The summed E-state index contributed by atoms with van der Waals surface area (Å²) in [6, 6.07) is 13.5. The Hall–Kier alpha value is -1.83. The summed E-state index contributed by atoms with van der Waals surface area (Å²) in [5, 5.41) is 0. The van der Waals surface area contributed by atoms with E-state index in [4.69, 9.17) is 0 Å². The van der Waals surface area contributed by atoms with Gasteiger partial charge < -0.3 is 4.90 Å². The molecular formula is C17H20FN. The van der Waals surface area contributed by atoms with E-state index in [1.54, 1.807) is 6.07 Å². The second kappa shape index (κ2) is 5.87. The van der Waals surface area contributed by atoms with E-state index in [1.807, 2.05) is 55.4 Å². The molecule has 0 aromatic heterocycles. The molecule has 2 aromatic carbocycles. The fraction of sp³-hybridized carbons (Fsp3) is 0.294. The molecule has 0 aliphatic carbocycles. The number of hydrogen-bond donors (Lipinski definition) is 0. The fourth-order valence-electron chi connectivity index (χ4n) is 2.18. The van der Waals surface area contributed by atoms with E-state index in [0.717, 1.165) is 29.7 Å². The topological polar surface area (TPSA) is 3.24 Å². The molecule has 2 aromatic rings. The van der Waals surface area contributed by atoms with Crippen molar-refractivity contribution in [2.75, 3.05) is 19.0 Å². The van der Waals surface area contributed by atoms with Crippen molar-refractivity contribution in [1.29, 1.82) is 0 Å². The average molecular weight is 257 g/mol. The van der Waals surface area contributed by atoms with Crippen LogP contribution in [0.5, 0.6) is 0 Å². The van der Waals surface area contributed by atoms with Gasteiger partial charge in [0.05, 0.1) is 0 Å². The van der Waals surface area contributed by atoms with E-state index in [9.17, 15) is 4.39 Å². The van der Waals surface area contributed by atoms with Crippen LogP contribution in [0.25, 0.3) is 11.1 Å². The molecule has 0 saturated heterocycles. The van der Waals surface area contributed by atoms with E-state index in [-0.39, 0.29) is 5.82 Å². The standard InChI is InChI=1S/C17H20FN/c1-4-5-13-6-11-16(17(18)12-13)14-7-9-15(10-8-14)19(2)3/h6-12H,4-5H2,1-3H3. The van der Waals surface area contributed by atoms with Crippen LogP contribution >= 0.6 is 0 Å². The number of aryl methyl sites for hydroxylation is 1. The monoisotopic (exact) mass is 257 g/mol. The summed E-state index contributed by atoms with van der Waals surface area (Å²) in [4.78, 5) is 2.03. The Morgan fingerprint density at radius 3 is 2.21 bits per heavy atom. The fourth-order valence-corrected chi connectivity index (χ4v) is 2.18. The first-order chi connectivity index (χ1) is 9.11. The summed E-state index contributed by atoms with van der Waals surface area (Å²) in [6.45, 7) is 2.10. The van der Waals surface area contributed by atoms with Crippen molar-refractivity contribution < 1.29 is 4.39 Å². The minimum Gasteiger partial charge on any atom is -0.378 e. The van der Waals surface area contributed by atoms with Gasteiger partial charge in [-0.2, -0.15) is 0 Å². The van der Waals surface area contributed by atoms with Crippen LogP contribution in [0.3, 0.4) is 0 Å². The van der Waals surface area contributed by atoms with Gasteiger partial charge in [-0.05, 0) is 35.7 Å². The number of hydrogen-bond acceptors (Lipinski definition) is 1. The Bertz CT molecular complexity index is 544. The van der Waals surface area contributed by atoms with Crippen LogP contribution < -0.4 is 4.90 Å². The minimum atomic E-state index is -0.136. The molecule has 0 atom stereocenters. The van der Waals surface area contributed by atoms with Gasteiger partial charge in [-0.1, -0.05) is 37.6 Å². The molecule has 0 saturated carbocycles. The molecule has 0 spiro atoms. The smallest absolute Gasteiger partial charge is 0.131 e. The first-order valence-electron chi connectivity index (χ1n) is 6.68. The zero-order valence-corrected chi connectivity index (χ0v) is 11.8. The molecule has 100 valence electrons. The van der Waals surface area contributed by atoms with Gasteiger partial charge in [0.2, 0.25) is 0 Å². The van der Waals surface area contributed by atoms with E-state index in [0.29, 0.717) is 5.56 Å². The molecule has 2 heteroatoms. The lowest BCUT2D eigenvalue weighted by atomic mass is 10.0. The molecule has 2 rings (SSSR count). The Kier molecular flexibility index (Phi) is 4.20. The van der Waals surface area contributed by atoms with E-state index in [2.05, 4.69) is 6.92 Å². The Morgan fingerprint density at radius 2 is 1.68 bits per heavy atom. The zero-order valence-electron chi connectivity index (χ0n) is 11.8. The van der Waals surface area contributed by atoms with Crippen molar-refractivity contribution in [2.24, 2.45) is 0 Å². The van der Waals surface area contributed by atoms with Gasteiger partial charge in [0, 0.05) is 25.3 Å². The highest BCUT2D eigenvalue weighted by Crippen LogP contribution is 2.26. The molecule has 0 fully saturated rings. The summed E-state index contributed by atoms with van der Waals surface area (Å²) < 4.78 is 14.1. The summed E-state index contributed by atoms with van der Waals surface area (Å²) >= 11 is 0. The number of benzene rings is 2. The lowest BCUT2D eigenvalue weighted by Gasteiger charge is -2.13. The summed E-state index contributed by atoms with van der Waals surface area (Å²) in [7, 11) is 3.99. The number of halogens is 1. The van der Waals surface area contributed by atoms with Crippen LogP contribution in [0.4, 0.5) is 10.1 Å². The highest BCUT2D eigenvalue weighted by molar-refractivity contribution is 5.67. The van der Waals surface area contributed by atoms with Gasteiger partial charge >= 0.3 is 0 Å². The summed E-state index contributed by atoms with van der Waals surface area (Å²) in [5.41, 5.74) is 3.77. The van der Waals surface area contributed by atoms with Crippen molar-refractivity contribution in [1.82, 2.24) is 0 Å². The number of rotatable bonds is 4.